The first-order valence-corrected chi connectivity index (χ1v) is 6.33. The van der Waals surface area contributed by atoms with Crippen LogP contribution in [0.5, 0.6) is 0 Å². The number of carboxylic acids is 1. The average molecular weight is 246 g/mol. The first-order valence-electron chi connectivity index (χ1n) is 6.33. The molecule has 0 radical (unpaired) electrons. The van der Waals surface area contributed by atoms with Crippen LogP contribution in [0.25, 0.3) is 11.0 Å². The van der Waals surface area contributed by atoms with Crippen LogP contribution in [0.3, 0.4) is 0 Å². The maximum atomic E-state index is 11.3. The average Bonchev–Trinajstić information content (AvgIpc) is 2.68. The highest BCUT2D eigenvalue weighted by Crippen LogP contribution is 2.32. The van der Waals surface area contributed by atoms with E-state index in [9.17, 15) is 9.90 Å². The summed E-state index contributed by atoms with van der Waals surface area (Å²) in [5.41, 5.74) is 2.62. The van der Waals surface area contributed by atoms with E-state index in [4.69, 9.17) is 4.42 Å². The summed E-state index contributed by atoms with van der Waals surface area (Å²) in [5, 5.41) is 10.2. The molecule has 18 heavy (non-hydrogen) atoms. The molecule has 0 fully saturated rings. The molecule has 1 aromatic carbocycles. The Balaban J connectivity index is 2.75. The number of carbonyl (C=O) groups is 1. The van der Waals surface area contributed by atoms with Crippen LogP contribution in [0.1, 0.15) is 54.8 Å². The molecule has 0 atom stereocenters. The van der Waals surface area contributed by atoms with E-state index in [1.807, 2.05) is 25.1 Å². The lowest BCUT2D eigenvalue weighted by molar-refractivity contribution is 0.0663. The Kier molecular flexibility index (Phi) is 3.41. The van der Waals surface area contributed by atoms with Gasteiger partial charge in [-0.3, -0.25) is 0 Å². The van der Waals surface area contributed by atoms with Crippen molar-refractivity contribution in [1.29, 1.82) is 0 Å². The van der Waals surface area contributed by atoms with E-state index in [2.05, 4.69) is 13.8 Å². The minimum absolute atomic E-state index is 0.0972. The normalized spacial score (nSPS) is 11.3. The molecule has 1 aromatic heterocycles. The van der Waals surface area contributed by atoms with E-state index in [-0.39, 0.29) is 5.76 Å². The summed E-state index contributed by atoms with van der Waals surface area (Å²) in [4.78, 5) is 11.3. The van der Waals surface area contributed by atoms with Gasteiger partial charge in [0.05, 0.1) is 0 Å². The minimum atomic E-state index is -0.982. The molecular formula is C15H18O3. The van der Waals surface area contributed by atoms with Gasteiger partial charge in [-0.2, -0.15) is 0 Å². The van der Waals surface area contributed by atoms with E-state index in [0.717, 1.165) is 34.9 Å². The van der Waals surface area contributed by atoms with Crippen molar-refractivity contribution < 1.29 is 14.3 Å². The van der Waals surface area contributed by atoms with Crippen molar-refractivity contribution in [1.82, 2.24) is 0 Å². The highest BCUT2D eigenvalue weighted by atomic mass is 16.4. The molecule has 3 nitrogen and oxygen atoms in total. The molecule has 2 rings (SSSR count). The van der Waals surface area contributed by atoms with E-state index < -0.39 is 5.97 Å². The smallest absolute Gasteiger partial charge is 0.372 e. The number of hydrogen-bond acceptors (Lipinski definition) is 2. The molecule has 0 spiro atoms. The summed E-state index contributed by atoms with van der Waals surface area (Å²) in [6, 6.07) is 5.91. The molecule has 0 amide bonds. The Hall–Kier alpha value is -1.77. The molecule has 1 heterocycles. The van der Waals surface area contributed by atoms with Gasteiger partial charge in [0.2, 0.25) is 5.76 Å². The molecule has 3 heteroatoms. The van der Waals surface area contributed by atoms with Crippen molar-refractivity contribution in [2.75, 3.05) is 0 Å². The first kappa shape index (κ1) is 12.7. The highest BCUT2D eigenvalue weighted by molar-refractivity contribution is 5.96. The summed E-state index contributed by atoms with van der Waals surface area (Å²) < 4.78 is 5.61. The SMILES string of the molecule is CCCc1c(C(=O)O)oc2c(C(C)C)cccc12. The Morgan fingerprint density at radius 3 is 2.67 bits per heavy atom. The highest BCUT2D eigenvalue weighted by Gasteiger charge is 2.21. The van der Waals surface area contributed by atoms with Gasteiger partial charge in [-0.25, -0.2) is 4.79 Å². The Morgan fingerprint density at radius 1 is 1.39 bits per heavy atom. The molecule has 0 saturated heterocycles. The monoisotopic (exact) mass is 246 g/mol. The quantitative estimate of drug-likeness (QED) is 0.879. The van der Waals surface area contributed by atoms with Crippen molar-refractivity contribution in [3.63, 3.8) is 0 Å². The predicted molar refractivity (Wildman–Crippen MR) is 71.3 cm³/mol. The third-order valence-electron chi connectivity index (χ3n) is 3.17. The van der Waals surface area contributed by atoms with Gasteiger partial charge in [0.1, 0.15) is 5.58 Å². The third kappa shape index (κ3) is 2.01. The minimum Gasteiger partial charge on any atom is -0.475 e. The molecule has 0 aliphatic rings. The lowest BCUT2D eigenvalue weighted by atomic mass is 9.98. The number of aromatic carboxylic acids is 1. The van der Waals surface area contributed by atoms with Gasteiger partial charge in [0.15, 0.2) is 0 Å². The van der Waals surface area contributed by atoms with Gasteiger partial charge in [0.25, 0.3) is 0 Å². The van der Waals surface area contributed by atoms with Gasteiger partial charge in [-0.15, -0.1) is 0 Å². The van der Waals surface area contributed by atoms with Crippen molar-refractivity contribution in [3.05, 3.63) is 35.1 Å². The molecule has 96 valence electrons. The first-order chi connectivity index (χ1) is 8.56. The number of furan rings is 1. The zero-order valence-corrected chi connectivity index (χ0v) is 11.0. The summed E-state index contributed by atoms with van der Waals surface area (Å²) in [6.45, 7) is 6.20. The van der Waals surface area contributed by atoms with Crippen molar-refractivity contribution in [3.8, 4) is 0 Å². The fourth-order valence-corrected chi connectivity index (χ4v) is 2.32. The molecule has 0 saturated carbocycles. The van der Waals surface area contributed by atoms with Crippen LogP contribution in [0.15, 0.2) is 22.6 Å². The Morgan fingerprint density at radius 2 is 2.11 bits per heavy atom. The number of hydrogen-bond donors (Lipinski definition) is 1. The molecule has 0 aliphatic heterocycles. The van der Waals surface area contributed by atoms with E-state index in [1.54, 1.807) is 0 Å². The zero-order chi connectivity index (χ0) is 13.3. The van der Waals surface area contributed by atoms with Crippen LogP contribution in [-0.2, 0) is 6.42 Å². The van der Waals surface area contributed by atoms with Crippen molar-refractivity contribution in [2.45, 2.75) is 39.5 Å². The van der Waals surface area contributed by atoms with Crippen LogP contribution < -0.4 is 0 Å². The summed E-state index contributed by atoms with van der Waals surface area (Å²) in [7, 11) is 0. The fourth-order valence-electron chi connectivity index (χ4n) is 2.32. The van der Waals surface area contributed by atoms with E-state index in [1.165, 1.54) is 0 Å². The number of benzene rings is 1. The van der Waals surface area contributed by atoms with E-state index >= 15 is 0 Å². The van der Waals surface area contributed by atoms with Gasteiger partial charge in [-0.1, -0.05) is 45.4 Å². The third-order valence-corrected chi connectivity index (χ3v) is 3.17. The number of para-hydroxylation sites is 1. The van der Waals surface area contributed by atoms with Gasteiger partial charge in [0, 0.05) is 10.9 Å². The summed E-state index contributed by atoms with van der Waals surface area (Å²) in [6.07, 6.45) is 1.64. The lowest BCUT2D eigenvalue weighted by Crippen LogP contribution is -1.98. The molecule has 0 unspecified atom stereocenters. The number of aryl methyl sites for hydroxylation is 1. The molecule has 0 aliphatic carbocycles. The second-order valence-corrected chi connectivity index (χ2v) is 4.84. The molecule has 1 N–H and O–H groups in total. The van der Waals surface area contributed by atoms with Crippen molar-refractivity contribution >= 4 is 16.9 Å². The lowest BCUT2D eigenvalue weighted by Gasteiger charge is -2.05. The van der Waals surface area contributed by atoms with E-state index in [0.29, 0.717) is 5.92 Å². The number of rotatable bonds is 4. The van der Waals surface area contributed by atoms with Crippen LogP contribution in [-0.4, -0.2) is 11.1 Å². The topological polar surface area (TPSA) is 50.4 Å². The molecule has 2 aromatic rings. The summed E-state index contributed by atoms with van der Waals surface area (Å²) >= 11 is 0. The molecular weight excluding hydrogens is 228 g/mol. The standard InChI is InChI=1S/C15H18O3/c1-4-6-11-12-8-5-7-10(9(2)3)13(12)18-14(11)15(16)17/h5,7-9H,4,6H2,1-3H3,(H,16,17). The predicted octanol–water partition coefficient (Wildman–Crippen LogP) is 4.21. The maximum absolute atomic E-state index is 11.3. The van der Waals surface area contributed by atoms with Crippen molar-refractivity contribution in [2.24, 2.45) is 0 Å². The van der Waals surface area contributed by atoms with Crippen LogP contribution >= 0.6 is 0 Å². The zero-order valence-electron chi connectivity index (χ0n) is 11.0. The number of fused-ring (bicyclic) bond motifs is 1. The summed E-state index contributed by atoms with van der Waals surface area (Å²) in [5.74, 6) is -0.569. The number of carboxylic acid groups (broad SMARTS) is 1. The second-order valence-electron chi connectivity index (χ2n) is 4.84. The second kappa shape index (κ2) is 4.84. The Bertz CT molecular complexity index is 579. The van der Waals surface area contributed by atoms with Gasteiger partial charge >= 0.3 is 5.97 Å². The van der Waals surface area contributed by atoms with Gasteiger partial charge in [-0.05, 0) is 17.9 Å². The van der Waals surface area contributed by atoms with Crippen LogP contribution in [0.4, 0.5) is 0 Å². The fraction of sp³-hybridized carbons (Fsp3) is 0.400. The van der Waals surface area contributed by atoms with Gasteiger partial charge < -0.3 is 9.52 Å². The van der Waals surface area contributed by atoms with Crippen LogP contribution in [0.2, 0.25) is 0 Å². The maximum Gasteiger partial charge on any atom is 0.372 e. The Labute approximate surface area is 106 Å². The molecule has 0 bridgehead atoms. The largest absolute Gasteiger partial charge is 0.475 e. The van der Waals surface area contributed by atoms with Crippen LogP contribution in [0, 0.1) is 0 Å².